The van der Waals surface area contributed by atoms with Gasteiger partial charge in [-0.05, 0) is 50.5 Å². The molecule has 0 saturated carbocycles. The molecule has 0 heterocycles. The van der Waals surface area contributed by atoms with Crippen molar-refractivity contribution in [2.75, 3.05) is 11.9 Å². The lowest BCUT2D eigenvalue weighted by Crippen LogP contribution is -2.26. The van der Waals surface area contributed by atoms with Crippen molar-refractivity contribution in [1.82, 2.24) is 5.32 Å². The van der Waals surface area contributed by atoms with Gasteiger partial charge in [-0.3, -0.25) is 9.59 Å². The first-order chi connectivity index (χ1) is 12.3. The maximum atomic E-state index is 13.5. The van der Waals surface area contributed by atoms with Gasteiger partial charge in [-0.25, -0.2) is 8.78 Å². The zero-order valence-corrected chi connectivity index (χ0v) is 15.1. The molecule has 0 spiro atoms. The smallest absolute Gasteiger partial charge is 0.254 e. The summed E-state index contributed by atoms with van der Waals surface area (Å²) in [4.78, 5) is 23.9. The van der Waals surface area contributed by atoms with E-state index in [2.05, 4.69) is 10.6 Å². The molecular weight excluding hydrogens is 338 g/mol. The third-order valence-corrected chi connectivity index (χ3v) is 3.98. The van der Waals surface area contributed by atoms with Gasteiger partial charge in [0, 0.05) is 24.7 Å². The zero-order valence-electron chi connectivity index (χ0n) is 15.1. The van der Waals surface area contributed by atoms with Crippen molar-refractivity contribution < 1.29 is 18.4 Å². The lowest BCUT2D eigenvalue weighted by molar-refractivity contribution is -0.116. The number of hydrogen-bond acceptors (Lipinski definition) is 2. The van der Waals surface area contributed by atoms with Crippen molar-refractivity contribution in [2.45, 2.75) is 33.6 Å². The number of aryl methyl sites for hydroxylation is 3. The van der Waals surface area contributed by atoms with E-state index >= 15 is 0 Å². The number of hydrogen-bond donors (Lipinski definition) is 2. The van der Waals surface area contributed by atoms with E-state index in [1.807, 2.05) is 32.9 Å². The third kappa shape index (κ3) is 5.12. The standard InChI is InChI=1S/C20H22F2N2O2/c1-12-9-13(2)19(14(3)10-12)24-18(25)5-4-8-23-20(26)16-7-6-15(21)11-17(16)22/h6-7,9-11H,4-5,8H2,1-3H3,(H,23,26)(H,24,25). The molecule has 0 aliphatic rings. The second-order valence-corrected chi connectivity index (χ2v) is 6.31. The number of amides is 2. The van der Waals surface area contributed by atoms with Crippen LogP contribution in [-0.2, 0) is 4.79 Å². The van der Waals surface area contributed by atoms with Gasteiger partial charge in [-0.1, -0.05) is 17.7 Å². The highest BCUT2D eigenvalue weighted by Crippen LogP contribution is 2.22. The van der Waals surface area contributed by atoms with Gasteiger partial charge in [0.2, 0.25) is 5.91 Å². The summed E-state index contributed by atoms with van der Waals surface area (Å²) in [7, 11) is 0. The summed E-state index contributed by atoms with van der Waals surface area (Å²) in [6.07, 6.45) is 0.628. The molecule has 0 unspecified atom stereocenters. The lowest BCUT2D eigenvalue weighted by atomic mass is 10.0. The topological polar surface area (TPSA) is 58.2 Å². The Hall–Kier alpha value is -2.76. The maximum absolute atomic E-state index is 13.5. The fourth-order valence-corrected chi connectivity index (χ4v) is 2.80. The summed E-state index contributed by atoms with van der Waals surface area (Å²) in [5.41, 5.74) is 3.71. The van der Waals surface area contributed by atoms with Gasteiger partial charge in [0.25, 0.3) is 5.91 Å². The van der Waals surface area contributed by atoms with Crippen LogP contribution >= 0.6 is 0 Å². The molecule has 138 valence electrons. The first-order valence-electron chi connectivity index (χ1n) is 8.39. The van der Waals surface area contributed by atoms with E-state index in [4.69, 9.17) is 0 Å². The van der Waals surface area contributed by atoms with Crippen LogP contribution in [0.2, 0.25) is 0 Å². The molecule has 0 fully saturated rings. The predicted octanol–water partition coefficient (Wildman–Crippen LogP) is 4.04. The van der Waals surface area contributed by atoms with Crippen LogP contribution in [0.4, 0.5) is 14.5 Å². The Bertz CT molecular complexity index is 812. The number of anilines is 1. The summed E-state index contributed by atoms with van der Waals surface area (Å²) in [6, 6.07) is 6.78. The number of carbonyl (C=O) groups is 2. The summed E-state index contributed by atoms with van der Waals surface area (Å²) in [5, 5.41) is 5.41. The molecule has 0 bridgehead atoms. The molecule has 2 aromatic rings. The molecule has 0 radical (unpaired) electrons. The van der Waals surface area contributed by atoms with Crippen LogP contribution in [0, 0.1) is 32.4 Å². The van der Waals surface area contributed by atoms with Crippen molar-refractivity contribution in [1.29, 1.82) is 0 Å². The minimum Gasteiger partial charge on any atom is -0.352 e. The SMILES string of the molecule is Cc1cc(C)c(NC(=O)CCCNC(=O)c2ccc(F)cc2F)c(C)c1. The third-order valence-electron chi connectivity index (χ3n) is 3.98. The van der Waals surface area contributed by atoms with Gasteiger partial charge in [0.15, 0.2) is 0 Å². The molecule has 0 aromatic heterocycles. The maximum Gasteiger partial charge on any atom is 0.254 e. The second-order valence-electron chi connectivity index (χ2n) is 6.31. The minimum atomic E-state index is -0.912. The second kappa shape index (κ2) is 8.56. The van der Waals surface area contributed by atoms with E-state index in [1.54, 1.807) is 0 Å². The van der Waals surface area contributed by atoms with Gasteiger partial charge in [0.1, 0.15) is 11.6 Å². The predicted molar refractivity (Wildman–Crippen MR) is 97.2 cm³/mol. The van der Waals surface area contributed by atoms with Crippen LogP contribution in [0.3, 0.4) is 0 Å². The summed E-state index contributed by atoms with van der Waals surface area (Å²) >= 11 is 0. The molecule has 2 N–H and O–H groups in total. The van der Waals surface area contributed by atoms with E-state index < -0.39 is 17.5 Å². The molecule has 4 nitrogen and oxygen atoms in total. The van der Waals surface area contributed by atoms with Crippen LogP contribution < -0.4 is 10.6 Å². The first kappa shape index (κ1) is 19.6. The molecule has 0 aliphatic heterocycles. The van der Waals surface area contributed by atoms with E-state index in [0.29, 0.717) is 12.5 Å². The van der Waals surface area contributed by atoms with Gasteiger partial charge in [-0.15, -0.1) is 0 Å². The van der Waals surface area contributed by atoms with E-state index in [-0.39, 0.29) is 24.4 Å². The largest absolute Gasteiger partial charge is 0.352 e. The summed E-state index contributed by atoms with van der Waals surface area (Å²) in [6.45, 7) is 6.09. The van der Waals surface area contributed by atoms with Crippen molar-refractivity contribution in [3.8, 4) is 0 Å². The number of carbonyl (C=O) groups excluding carboxylic acids is 2. The first-order valence-corrected chi connectivity index (χ1v) is 8.39. The number of benzene rings is 2. The van der Waals surface area contributed by atoms with Crippen molar-refractivity contribution in [2.24, 2.45) is 0 Å². The average Bonchev–Trinajstić information content (AvgIpc) is 2.54. The summed E-state index contributed by atoms with van der Waals surface area (Å²) < 4.78 is 26.4. The van der Waals surface area contributed by atoms with Crippen LogP contribution in [-0.4, -0.2) is 18.4 Å². The van der Waals surface area contributed by atoms with E-state index in [9.17, 15) is 18.4 Å². The Kier molecular flexibility index (Phi) is 6.44. The van der Waals surface area contributed by atoms with Gasteiger partial charge in [-0.2, -0.15) is 0 Å². The quantitative estimate of drug-likeness (QED) is 0.764. The minimum absolute atomic E-state index is 0.151. The normalized spacial score (nSPS) is 10.5. The Labute approximate surface area is 151 Å². The fraction of sp³-hybridized carbons (Fsp3) is 0.300. The average molecular weight is 360 g/mol. The molecule has 0 saturated heterocycles. The Balaban J connectivity index is 1.81. The van der Waals surface area contributed by atoms with Crippen LogP contribution in [0.5, 0.6) is 0 Å². The zero-order chi connectivity index (χ0) is 19.3. The monoisotopic (exact) mass is 360 g/mol. The highest BCUT2D eigenvalue weighted by atomic mass is 19.1. The van der Waals surface area contributed by atoms with Crippen molar-refractivity contribution >= 4 is 17.5 Å². The van der Waals surface area contributed by atoms with Gasteiger partial charge in [0.05, 0.1) is 5.56 Å². The Morgan fingerprint density at radius 1 is 1.00 bits per heavy atom. The summed E-state index contributed by atoms with van der Waals surface area (Å²) in [5.74, 6) is -2.43. The van der Waals surface area contributed by atoms with Crippen LogP contribution in [0.1, 0.15) is 39.9 Å². The Morgan fingerprint density at radius 3 is 2.27 bits per heavy atom. The van der Waals surface area contributed by atoms with Crippen LogP contribution in [0.25, 0.3) is 0 Å². The highest BCUT2D eigenvalue weighted by molar-refractivity contribution is 5.94. The van der Waals surface area contributed by atoms with E-state index in [0.717, 1.165) is 34.5 Å². The highest BCUT2D eigenvalue weighted by Gasteiger charge is 2.12. The van der Waals surface area contributed by atoms with Crippen molar-refractivity contribution in [3.05, 3.63) is 64.2 Å². The molecular formula is C20H22F2N2O2. The molecule has 2 aromatic carbocycles. The lowest BCUT2D eigenvalue weighted by Gasteiger charge is -2.13. The Morgan fingerprint density at radius 2 is 1.65 bits per heavy atom. The molecule has 6 heteroatoms. The number of halogens is 2. The number of rotatable bonds is 6. The molecule has 2 amide bonds. The van der Waals surface area contributed by atoms with Crippen LogP contribution in [0.15, 0.2) is 30.3 Å². The molecule has 2 rings (SSSR count). The molecule has 0 aliphatic carbocycles. The number of nitrogens with one attached hydrogen (secondary N) is 2. The van der Waals surface area contributed by atoms with Gasteiger partial charge >= 0.3 is 0 Å². The van der Waals surface area contributed by atoms with Crippen molar-refractivity contribution in [3.63, 3.8) is 0 Å². The van der Waals surface area contributed by atoms with Gasteiger partial charge < -0.3 is 10.6 Å². The fourth-order valence-electron chi connectivity index (χ4n) is 2.80. The molecule has 0 atom stereocenters. The molecule has 26 heavy (non-hydrogen) atoms. The van der Waals surface area contributed by atoms with E-state index in [1.165, 1.54) is 0 Å².